The fraction of sp³-hybridized carbons (Fsp3) is 0.412. The number of ether oxygens (including phenoxy) is 1. The van der Waals surface area contributed by atoms with Gasteiger partial charge in [0.15, 0.2) is 5.82 Å². The maximum Gasteiger partial charge on any atom is 0.511 e. The molecule has 1 aromatic carbocycles. The zero-order valence-electron chi connectivity index (χ0n) is 14.5. The van der Waals surface area contributed by atoms with Crippen LogP contribution < -0.4 is 20.5 Å². The van der Waals surface area contributed by atoms with E-state index in [1.54, 1.807) is 4.90 Å². The Morgan fingerprint density at radius 2 is 2.11 bits per heavy atom. The zero-order chi connectivity index (χ0) is 19.3. The lowest BCUT2D eigenvalue weighted by Gasteiger charge is -2.36. The summed E-state index contributed by atoms with van der Waals surface area (Å²) in [5.74, 6) is -2.26. The summed E-state index contributed by atoms with van der Waals surface area (Å²) in [6.07, 6.45) is 0.170. The van der Waals surface area contributed by atoms with E-state index in [0.717, 1.165) is 43.0 Å². The Balaban J connectivity index is 1.93. The van der Waals surface area contributed by atoms with E-state index >= 15 is 4.39 Å². The van der Waals surface area contributed by atoms with Gasteiger partial charge in [0.2, 0.25) is 11.2 Å². The summed E-state index contributed by atoms with van der Waals surface area (Å²) < 4.78 is 35.9. The number of nitrogens with one attached hydrogen (secondary N) is 1. The number of piperazine rings is 1. The number of hydrogen-bond acceptors (Lipinski definition) is 6. The van der Waals surface area contributed by atoms with E-state index in [0.29, 0.717) is 6.54 Å². The third-order valence-electron chi connectivity index (χ3n) is 5.19. The van der Waals surface area contributed by atoms with E-state index < -0.39 is 29.0 Å². The van der Waals surface area contributed by atoms with Gasteiger partial charge in [0, 0.05) is 39.3 Å². The summed E-state index contributed by atoms with van der Waals surface area (Å²) >= 11 is 0. The Morgan fingerprint density at radius 3 is 2.81 bits per heavy atom. The first kappa shape index (κ1) is 17.5. The number of hydrogen-bond donors (Lipinski definition) is 2. The van der Waals surface area contributed by atoms with Gasteiger partial charge in [-0.15, -0.1) is 0 Å². The molecule has 0 saturated carbocycles. The van der Waals surface area contributed by atoms with Crippen LogP contribution in [0.25, 0.3) is 10.9 Å². The van der Waals surface area contributed by atoms with E-state index in [4.69, 9.17) is 5.11 Å². The number of anilines is 1. The van der Waals surface area contributed by atoms with Crippen LogP contribution in [0.4, 0.5) is 19.3 Å². The normalized spacial score (nSPS) is 21.5. The molecule has 2 aromatic rings. The number of carbonyl (C=O) groups is 1. The fourth-order valence-corrected chi connectivity index (χ4v) is 3.98. The van der Waals surface area contributed by atoms with Gasteiger partial charge < -0.3 is 20.2 Å². The predicted molar refractivity (Wildman–Crippen MR) is 94.3 cm³/mol. The molecule has 0 amide bonds. The van der Waals surface area contributed by atoms with Gasteiger partial charge in [0.1, 0.15) is 17.0 Å². The van der Waals surface area contributed by atoms with Crippen molar-refractivity contribution in [2.45, 2.75) is 12.5 Å². The van der Waals surface area contributed by atoms with Crippen molar-refractivity contribution in [1.29, 1.82) is 0 Å². The van der Waals surface area contributed by atoms with E-state index in [-0.39, 0.29) is 22.6 Å². The highest BCUT2D eigenvalue weighted by atomic mass is 19.1. The largest absolute Gasteiger partial charge is 0.511 e. The van der Waals surface area contributed by atoms with Crippen LogP contribution in [0.15, 0.2) is 17.1 Å². The average molecular weight is 380 g/mol. The maximum atomic E-state index is 15.4. The van der Waals surface area contributed by atoms with Crippen LogP contribution in [0.2, 0.25) is 0 Å². The summed E-state index contributed by atoms with van der Waals surface area (Å²) in [5.41, 5.74) is 1.44. The van der Waals surface area contributed by atoms with Gasteiger partial charge in [-0.05, 0) is 12.5 Å². The number of halogens is 2. The molecule has 27 heavy (non-hydrogen) atoms. The molecule has 144 valence electrons. The first-order valence-corrected chi connectivity index (χ1v) is 8.55. The number of fused-ring (bicyclic) bond motifs is 3. The topological polar surface area (TPSA) is 87.0 Å². The van der Waals surface area contributed by atoms with Crippen molar-refractivity contribution in [2.75, 3.05) is 43.6 Å². The lowest BCUT2D eigenvalue weighted by Crippen LogP contribution is -2.47. The van der Waals surface area contributed by atoms with Crippen LogP contribution >= 0.6 is 0 Å². The Morgan fingerprint density at radius 1 is 1.33 bits per heavy atom. The summed E-state index contributed by atoms with van der Waals surface area (Å²) in [7, 11) is 1.46. The minimum atomic E-state index is -1.69. The van der Waals surface area contributed by atoms with Crippen LogP contribution in [-0.2, 0) is 0 Å². The second kappa shape index (κ2) is 6.38. The highest BCUT2D eigenvalue weighted by Gasteiger charge is 2.36. The van der Waals surface area contributed by atoms with E-state index in [1.807, 2.05) is 0 Å². The van der Waals surface area contributed by atoms with Crippen LogP contribution in [0.3, 0.4) is 0 Å². The second-order valence-corrected chi connectivity index (χ2v) is 6.64. The van der Waals surface area contributed by atoms with Crippen molar-refractivity contribution in [2.24, 2.45) is 0 Å². The Kier molecular flexibility index (Phi) is 4.14. The third-order valence-corrected chi connectivity index (χ3v) is 5.19. The molecule has 3 heterocycles. The van der Waals surface area contributed by atoms with E-state index in [2.05, 4.69) is 15.1 Å². The quantitative estimate of drug-likeness (QED) is 0.779. The number of pyridine rings is 1. The first-order valence-electron chi connectivity index (χ1n) is 8.55. The van der Waals surface area contributed by atoms with E-state index in [9.17, 15) is 14.0 Å². The highest BCUT2D eigenvalue weighted by molar-refractivity contribution is 5.86. The molecule has 4 rings (SSSR count). The Bertz CT molecular complexity index is 993. The average Bonchev–Trinajstić information content (AvgIpc) is 3.00. The van der Waals surface area contributed by atoms with Crippen LogP contribution in [0.1, 0.15) is 6.42 Å². The van der Waals surface area contributed by atoms with Crippen molar-refractivity contribution in [3.63, 3.8) is 0 Å². The maximum absolute atomic E-state index is 15.4. The van der Waals surface area contributed by atoms with Gasteiger partial charge in [0.25, 0.3) is 0 Å². The van der Waals surface area contributed by atoms with E-state index in [1.165, 1.54) is 7.05 Å². The zero-order valence-corrected chi connectivity index (χ0v) is 14.5. The van der Waals surface area contributed by atoms with Crippen LogP contribution in [-0.4, -0.2) is 60.1 Å². The minimum absolute atomic E-state index is 0.0181. The molecule has 2 aliphatic heterocycles. The van der Waals surface area contributed by atoms with Gasteiger partial charge in [-0.25, -0.2) is 13.6 Å². The molecular weight excluding hydrogens is 362 g/mol. The molecule has 2 aliphatic rings. The van der Waals surface area contributed by atoms with Gasteiger partial charge in [-0.1, -0.05) is 0 Å². The fourth-order valence-electron chi connectivity index (χ4n) is 3.98. The predicted octanol–water partition coefficient (Wildman–Crippen LogP) is 1.40. The standard InChI is InChI=1S/C17H18F2N4O4/c1-20-23-8-12(27-17(25)26)16(24)10-6-11(18)15(13(19)14(10)23)22-5-4-21-3-2-9(22)7-21/h6,8-9,20H,2-5,7H2,1H3,(H,25,26). The molecule has 10 heteroatoms. The second-order valence-electron chi connectivity index (χ2n) is 6.64. The molecule has 0 spiro atoms. The molecule has 1 aromatic heterocycles. The summed E-state index contributed by atoms with van der Waals surface area (Å²) in [6, 6.07) is 0.963. The molecule has 0 aliphatic carbocycles. The van der Waals surface area contributed by atoms with Gasteiger partial charge in [0.05, 0.1) is 11.6 Å². The SMILES string of the molecule is CNn1cc(OC(=O)O)c(=O)c2cc(F)c(N3CCN4CCC3C4)c(F)c21. The van der Waals surface area contributed by atoms with Crippen LogP contribution in [0.5, 0.6) is 5.75 Å². The molecule has 2 unspecified atom stereocenters. The number of carboxylic acid groups (broad SMARTS) is 1. The van der Waals surface area contributed by atoms with Crippen molar-refractivity contribution in [3.8, 4) is 5.75 Å². The summed E-state index contributed by atoms with van der Waals surface area (Å²) in [4.78, 5) is 27.2. The van der Waals surface area contributed by atoms with Crippen molar-refractivity contribution in [3.05, 3.63) is 34.1 Å². The minimum Gasteiger partial charge on any atom is -0.449 e. The third kappa shape index (κ3) is 2.76. The van der Waals surface area contributed by atoms with Crippen LogP contribution in [0, 0.1) is 11.6 Å². The molecule has 2 atom stereocenters. The Hall–Kier alpha value is -2.88. The molecule has 2 bridgehead atoms. The van der Waals surface area contributed by atoms with Gasteiger partial charge in [-0.2, -0.15) is 0 Å². The Labute approximate surface area is 152 Å². The smallest absolute Gasteiger partial charge is 0.449 e. The summed E-state index contributed by atoms with van der Waals surface area (Å²) in [6.45, 7) is 2.86. The number of rotatable bonds is 3. The molecule has 8 nitrogen and oxygen atoms in total. The van der Waals surface area contributed by atoms with Crippen molar-refractivity contribution < 1.29 is 23.4 Å². The molecular formula is C17H18F2N4O4. The molecule has 2 N–H and O–H groups in total. The highest BCUT2D eigenvalue weighted by Crippen LogP contribution is 2.34. The van der Waals surface area contributed by atoms with Crippen molar-refractivity contribution >= 4 is 22.7 Å². The van der Waals surface area contributed by atoms with Crippen molar-refractivity contribution in [1.82, 2.24) is 9.58 Å². The lowest BCUT2D eigenvalue weighted by molar-refractivity contribution is 0.144. The lowest BCUT2D eigenvalue weighted by atomic mass is 10.1. The number of nitrogens with zero attached hydrogens (tertiary/aromatic N) is 3. The molecule has 0 radical (unpaired) electrons. The molecule has 2 saturated heterocycles. The monoisotopic (exact) mass is 380 g/mol. The number of benzene rings is 1. The first-order chi connectivity index (χ1) is 12.9. The summed E-state index contributed by atoms with van der Waals surface area (Å²) in [5, 5.41) is 8.46. The number of aromatic nitrogens is 1. The van der Waals surface area contributed by atoms with Gasteiger partial charge >= 0.3 is 6.16 Å². The molecule has 2 fully saturated rings. The van der Waals surface area contributed by atoms with Gasteiger partial charge in [-0.3, -0.25) is 14.4 Å².